The third-order valence-corrected chi connectivity index (χ3v) is 2.14. The van der Waals surface area contributed by atoms with Gasteiger partial charge < -0.3 is 14.4 Å². The Morgan fingerprint density at radius 2 is 1.73 bits per heavy atom. The molecule has 1 fully saturated rings. The summed E-state index contributed by atoms with van der Waals surface area (Å²) in [6.45, 7) is 3.61. The summed E-state index contributed by atoms with van der Waals surface area (Å²) in [5.41, 5.74) is -1.52. The van der Waals surface area contributed by atoms with Crippen LogP contribution < -0.4 is 0 Å². The van der Waals surface area contributed by atoms with E-state index in [1.54, 1.807) is 13.8 Å². The summed E-state index contributed by atoms with van der Waals surface area (Å²) in [7, 11) is 0. The minimum absolute atomic E-state index is 0.0359. The number of carbonyl (C=O) groups is 3. The van der Waals surface area contributed by atoms with Gasteiger partial charge in [-0.2, -0.15) is 0 Å². The van der Waals surface area contributed by atoms with Crippen molar-refractivity contribution >= 4 is 18.3 Å². The summed E-state index contributed by atoms with van der Waals surface area (Å²) < 4.78 is 9.46. The second-order valence-electron chi connectivity index (χ2n) is 3.03. The Kier molecular flexibility index (Phi) is 3.28. The molecule has 0 aromatic carbocycles. The molecule has 0 aromatic heterocycles. The molecule has 15 heavy (non-hydrogen) atoms. The highest BCUT2D eigenvalue weighted by Gasteiger charge is 2.67. The SMILES string of the molecule is CCOC(=O)C1(C(=O)OCC)CN1C=O. The fraction of sp³-hybridized carbons (Fsp3) is 0.667. The summed E-state index contributed by atoms with van der Waals surface area (Å²) in [5.74, 6) is -1.45. The monoisotopic (exact) mass is 215 g/mol. The van der Waals surface area contributed by atoms with Crippen LogP contribution in [0.3, 0.4) is 0 Å². The van der Waals surface area contributed by atoms with E-state index in [1.807, 2.05) is 0 Å². The molecule has 1 heterocycles. The Morgan fingerprint density at radius 3 is 2.00 bits per heavy atom. The van der Waals surface area contributed by atoms with Gasteiger partial charge in [-0.1, -0.05) is 0 Å². The predicted octanol–water partition coefficient (Wildman–Crippen LogP) is -0.677. The second kappa shape index (κ2) is 4.29. The largest absolute Gasteiger partial charge is 0.464 e. The molecule has 0 N–H and O–H groups in total. The van der Waals surface area contributed by atoms with Gasteiger partial charge in [-0.05, 0) is 13.8 Å². The zero-order chi connectivity index (χ0) is 11.5. The van der Waals surface area contributed by atoms with E-state index in [2.05, 4.69) is 0 Å². The Labute approximate surface area is 87.1 Å². The molecule has 6 nitrogen and oxygen atoms in total. The van der Waals surface area contributed by atoms with Gasteiger partial charge in [0.2, 0.25) is 6.41 Å². The van der Waals surface area contributed by atoms with E-state index in [-0.39, 0.29) is 19.8 Å². The second-order valence-corrected chi connectivity index (χ2v) is 3.03. The Hall–Kier alpha value is -1.59. The molecule has 1 saturated heterocycles. The standard InChI is InChI=1S/C9H13NO5/c1-3-14-7(12)9(5-10(9)6-11)8(13)15-4-2/h6H,3-5H2,1-2H3. The van der Waals surface area contributed by atoms with Gasteiger partial charge in [0.1, 0.15) is 0 Å². The molecule has 1 aliphatic rings. The van der Waals surface area contributed by atoms with Crippen LogP contribution in [0, 0.1) is 0 Å². The van der Waals surface area contributed by atoms with Crippen LogP contribution in [-0.2, 0) is 23.9 Å². The normalized spacial score (nSPS) is 16.8. The first-order valence-corrected chi connectivity index (χ1v) is 4.70. The molecule has 1 aliphatic heterocycles. The molecule has 0 aromatic rings. The summed E-state index contributed by atoms with van der Waals surface area (Å²) in [6, 6.07) is 0. The van der Waals surface area contributed by atoms with Crippen LogP contribution in [0.4, 0.5) is 0 Å². The number of rotatable bonds is 5. The minimum atomic E-state index is -1.52. The number of hydrogen-bond donors (Lipinski definition) is 0. The average molecular weight is 215 g/mol. The van der Waals surface area contributed by atoms with E-state index < -0.39 is 17.5 Å². The highest BCUT2D eigenvalue weighted by molar-refractivity contribution is 6.10. The predicted molar refractivity (Wildman–Crippen MR) is 48.8 cm³/mol. The van der Waals surface area contributed by atoms with Crippen molar-refractivity contribution in [1.82, 2.24) is 4.90 Å². The van der Waals surface area contributed by atoms with E-state index in [4.69, 9.17) is 9.47 Å². The molecule has 0 radical (unpaired) electrons. The Morgan fingerprint density at radius 1 is 1.27 bits per heavy atom. The molecule has 0 unspecified atom stereocenters. The number of hydrogen-bond acceptors (Lipinski definition) is 5. The van der Waals surface area contributed by atoms with Gasteiger partial charge in [0.15, 0.2) is 0 Å². The topological polar surface area (TPSA) is 72.7 Å². The zero-order valence-corrected chi connectivity index (χ0v) is 8.69. The quantitative estimate of drug-likeness (QED) is 0.263. The van der Waals surface area contributed by atoms with Crippen LogP contribution in [0.15, 0.2) is 0 Å². The van der Waals surface area contributed by atoms with E-state index in [1.165, 1.54) is 0 Å². The highest BCUT2D eigenvalue weighted by Crippen LogP contribution is 2.33. The number of esters is 2. The molecule has 0 saturated carbocycles. The van der Waals surface area contributed by atoms with E-state index in [9.17, 15) is 14.4 Å². The number of nitrogens with zero attached hydrogens (tertiary/aromatic N) is 1. The summed E-state index contributed by atoms with van der Waals surface area (Å²) in [5, 5.41) is 0. The molecule has 1 amide bonds. The summed E-state index contributed by atoms with van der Waals surface area (Å²) in [6.07, 6.45) is 0.438. The number of amides is 1. The maximum atomic E-state index is 11.5. The third-order valence-electron chi connectivity index (χ3n) is 2.14. The van der Waals surface area contributed by atoms with E-state index >= 15 is 0 Å². The van der Waals surface area contributed by atoms with Gasteiger partial charge in [-0.15, -0.1) is 0 Å². The van der Waals surface area contributed by atoms with Gasteiger partial charge in [0.25, 0.3) is 5.54 Å². The molecule has 0 spiro atoms. The van der Waals surface area contributed by atoms with Crippen molar-refractivity contribution in [1.29, 1.82) is 0 Å². The third kappa shape index (κ3) is 1.79. The summed E-state index contributed by atoms with van der Waals surface area (Å²) >= 11 is 0. The average Bonchev–Trinajstić information content (AvgIpc) is 2.94. The molecule has 0 aliphatic carbocycles. The first-order valence-electron chi connectivity index (χ1n) is 4.70. The first-order chi connectivity index (χ1) is 7.13. The van der Waals surface area contributed by atoms with Crippen LogP contribution >= 0.6 is 0 Å². The lowest BCUT2D eigenvalue weighted by Gasteiger charge is -2.12. The maximum Gasteiger partial charge on any atom is 0.345 e. The van der Waals surface area contributed by atoms with Crippen molar-refractivity contribution in [2.75, 3.05) is 19.8 Å². The molecule has 1 rings (SSSR count). The van der Waals surface area contributed by atoms with Crippen molar-refractivity contribution < 1.29 is 23.9 Å². The lowest BCUT2D eigenvalue weighted by molar-refractivity contribution is -0.161. The smallest absolute Gasteiger partial charge is 0.345 e. The molecular weight excluding hydrogens is 202 g/mol. The summed E-state index contributed by atoms with van der Waals surface area (Å²) in [4.78, 5) is 34.5. The van der Waals surface area contributed by atoms with Crippen molar-refractivity contribution in [3.05, 3.63) is 0 Å². The van der Waals surface area contributed by atoms with Gasteiger partial charge in [0, 0.05) is 0 Å². The van der Waals surface area contributed by atoms with Crippen molar-refractivity contribution in [2.45, 2.75) is 19.4 Å². The zero-order valence-electron chi connectivity index (χ0n) is 8.69. The molecule has 0 bridgehead atoms. The van der Waals surface area contributed by atoms with Crippen LogP contribution in [0.2, 0.25) is 0 Å². The van der Waals surface area contributed by atoms with Crippen molar-refractivity contribution in [2.24, 2.45) is 0 Å². The van der Waals surface area contributed by atoms with E-state index in [0.717, 1.165) is 4.90 Å². The van der Waals surface area contributed by atoms with Crippen LogP contribution in [0.5, 0.6) is 0 Å². The molecule has 84 valence electrons. The van der Waals surface area contributed by atoms with Crippen LogP contribution in [0.1, 0.15) is 13.8 Å². The first kappa shape index (κ1) is 11.5. The van der Waals surface area contributed by atoms with Crippen molar-refractivity contribution in [3.63, 3.8) is 0 Å². The Bertz CT molecular complexity index is 270. The van der Waals surface area contributed by atoms with Gasteiger partial charge in [0.05, 0.1) is 19.8 Å². The van der Waals surface area contributed by atoms with Gasteiger partial charge >= 0.3 is 11.9 Å². The number of ether oxygens (including phenoxy) is 2. The molecule has 6 heteroatoms. The van der Waals surface area contributed by atoms with Crippen LogP contribution in [0.25, 0.3) is 0 Å². The van der Waals surface area contributed by atoms with Gasteiger partial charge in [-0.3, -0.25) is 4.79 Å². The van der Waals surface area contributed by atoms with Gasteiger partial charge in [-0.25, -0.2) is 9.59 Å². The minimum Gasteiger partial charge on any atom is -0.464 e. The van der Waals surface area contributed by atoms with Crippen LogP contribution in [-0.4, -0.2) is 48.5 Å². The fourth-order valence-electron chi connectivity index (χ4n) is 1.29. The molecule has 0 atom stereocenters. The highest BCUT2D eigenvalue weighted by atomic mass is 16.6. The lowest BCUT2D eigenvalue weighted by Crippen LogP contribution is -2.41. The number of carbonyl (C=O) groups excluding carboxylic acids is 3. The molecular formula is C9H13NO5. The maximum absolute atomic E-state index is 11.5. The fourth-order valence-corrected chi connectivity index (χ4v) is 1.29. The lowest BCUT2D eigenvalue weighted by atomic mass is 10.1. The Balaban J connectivity index is 2.77. The van der Waals surface area contributed by atoms with Crippen molar-refractivity contribution in [3.8, 4) is 0 Å². The van der Waals surface area contributed by atoms with E-state index in [0.29, 0.717) is 6.41 Å².